The predicted molar refractivity (Wildman–Crippen MR) is 162 cm³/mol. The zero-order valence-corrected chi connectivity index (χ0v) is 25.3. The van der Waals surface area contributed by atoms with Gasteiger partial charge in [-0.15, -0.1) is 0 Å². The van der Waals surface area contributed by atoms with E-state index in [0.717, 1.165) is 62.7 Å². The molecule has 4 aromatic rings. The molecule has 1 saturated carbocycles. The standard InChI is InChI=1S/C30H38ClN7O5/c1-3-4-21-17-37(9-11-41-21)29-34-23-14-24(27-35-30(40)43-36-27)33-25(22-13-20(31)15-32-28(22)42-12-10-39)26(23)38(29)16-19-7-5-18(2)6-8-19/h13-15,18-19,21,39H,3-12,16-17H2,1-2H3,(H,35,36,40)/t18?,19?,21-/m1/s1. The summed E-state index contributed by atoms with van der Waals surface area (Å²) in [6.07, 6.45) is 8.35. The van der Waals surface area contributed by atoms with Crippen LogP contribution in [0.2, 0.25) is 5.02 Å². The van der Waals surface area contributed by atoms with Crippen LogP contribution in [0.3, 0.4) is 0 Å². The molecule has 0 radical (unpaired) electrons. The summed E-state index contributed by atoms with van der Waals surface area (Å²) in [5.74, 6) is 1.88. The highest BCUT2D eigenvalue weighted by Gasteiger charge is 2.30. The van der Waals surface area contributed by atoms with Crippen molar-refractivity contribution in [1.29, 1.82) is 0 Å². The number of fused-ring (bicyclic) bond motifs is 1. The SMILES string of the molecule is CCC[C@@H]1CN(c2nc3cc(-c4noc(=O)[nH]4)nc(-c4cc(Cl)cnc4OCCO)c3n2CC2CCC(C)CC2)CCO1. The first kappa shape index (κ1) is 29.6. The van der Waals surface area contributed by atoms with E-state index in [0.29, 0.717) is 40.0 Å². The van der Waals surface area contributed by atoms with Crippen molar-refractivity contribution in [2.45, 2.75) is 65.0 Å². The molecule has 6 rings (SSSR count). The van der Waals surface area contributed by atoms with E-state index in [1.54, 1.807) is 6.07 Å². The van der Waals surface area contributed by atoms with Crippen LogP contribution in [-0.4, -0.2) is 73.8 Å². The second-order valence-electron chi connectivity index (χ2n) is 11.6. The van der Waals surface area contributed by atoms with Gasteiger partial charge in [0.2, 0.25) is 17.7 Å². The number of aromatic nitrogens is 6. The molecule has 1 aliphatic carbocycles. The maximum atomic E-state index is 11.9. The van der Waals surface area contributed by atoms with Gasteiger partial charge < -0.3 is 24.0 Å². The topological polar surface area (TPSA) is 144 Å². The first-order valence-electron chi connectivity index (χ1n) is 15.2. The molecule has 2 N–H and O–H groups in total. The van der Waals surface area contributed by atoms with Crippen molar-refractivity contribution in [3.63, 3.8) is 0 Å². The van der Waals surface area contributed by atoms with Crippen molar-refractivity contribution in [2.24, 2.45) is 11.8 Å². The molecule has 1 atom stereocenters. The van der Waals surface area contributed by atoms with E-state index < -0.39 is 5.76 Å². The van der Waals surface area contributed by atoms with Crippen LogP contribution in [0.15, 0.2) is 27.6 Å². The number of aliphatic hydroxyl groups is 1. The van der Waals surface area contributed by atoms with Crippen molar-refractivity contribution in [1.82, 2.24) is 29.7 Å². The number of morpholine rings is 1. The molecule has 43 heavy (non-hydrogen) atoms. The molecule has 4 aromatic heterocycles. The fraction of sp³-hybridized carbons (Fsp3) is 0.567. The Labute approximate surface area is 254 Å². The number of imidazole rings is 1. The number of ether oxygens (including phenoxy) is 2. The van der Waals surface area contributed by atoms with Crippen molar-refractivity contribution < 1.29 is 19.1 Å². The summed E-state index contributed by atoms with van der Waals surface area (Å²) in [5, 5.41) is 13.8. The highest BCUT2D eigenvalue weighted by molar-refractivity contribution is 6.30. The molecule has 1 aliphatic heterocycles. The molecule has 2 aliphatic rings. The van der Waals surface area contributed by atoms with Gasteiger partial charge >= 0.3 is 5.76 Å². The average Bonchev–Trinajstić information content (AvgIpc) is 3.61. The zero-order chi connectivity index (χ0) is 29.9. The van der Waals surface area contributed by atoms with E-state index >= 15 is 0 Å². The number of hydrogen-bond acceptors (Lipinski definition) is 10. The Hall–Kier alpha value is -3.48. The Morgan fingerprint density at radius 3 is 2.79 bits per heavy atom. The molecule has 1 saturated heterocycles. The predicted octanol–water partition coefficient (Wildman–Crippen LogP) is 4.69. The number of rotatable bonds is 10. The summed E-state index contributed by atoms with van der Waals surface area (Å²) >= 11 is 6.48. The third kappa shape index (κ3) is 6.41. The van der Waals surface area contributed by atoms with E-state index in [9.17, 15) is 9.90 Å². The summed E-state index contributed by atoms with van der Waals surface area (Å²) in [7, 11) is 0. The molecule has 0 amide bonds. The molecule has 0 aromatic carbocycles. The van der Waals surface area contributed by atoms with Crippen LogP contribution in [0.25, 0.3) is 33.8 Å². The number of hydrogen-bond donors (Lipinski definition) is 2. The van der Waals surface area contributed by atoms with Gasteiger partial charge in [0, 0.05) is 25.8 Å². The van der Waals surface area contributed by atoms with Gasteiger partial charge in [-0.3, -0.25) is 9.51 Å². The van der Waals surface area contributed by atoms with Crippen LogP contribution in [0.5, 0.6) is 5.88 Å². The van der Waals surface area contributed by atoms with Crippen LogP contribution in [0, 0.1) is 11.8 Å². The van der Waals surface area contributed by atoms with Crippen molar-refractivity contribution >= 4 is 28.6 Å². The lowest BCUT2D eigenvalue weighted by molar-refractivity contribution is 0.0340. The highest BCUT2D eigenvalue weighted by Crippen LogP contribution is 2.40. The third-order valence-electron chi connectivity index (χ3n) is 8.40. The molecular formula is C30H38ClN7O5. The number of aliphatic hydroxyl groups excluding tert-OH is 1. The Morgan fingerprint density at radius 1 is 1.21 bits per heavy atom. The molecule has 2 fully saturated rings. The molecule has 0 unspecified atom stereocenters. The van der Waals surface area contributed by atoms with E-state index in [4.69, 9.17) is 35.6 Å². The number of H-pyrrole nitrogens is 1. The number of pyridine rings is 2. The van der Waals surface area contributed by atoms with E-state index in [1.165, 1.54) is 19.0 Å². The number of nitrogens with one attached hydrogen (secondary N) is 1. The van der Waals surface area contributed by atoms with Crippen molar-refractivity contribution in [2.75, 3.05) is 37.8 Å². The van der Waals surface area contributed by atoms with Crippen LogP contribution in [-0.2, 0) is 11.3 Å². The van der Waals surface area contributed by atoms with Gasteiger partial charge in [-0.1, -0.05) is 49.9 Å². The van der Waals surface area contributed by atoms with Gasteiger partial charge in [0.25, 0.3) is 0 Å². The van der Waals surface area contributed by atoms with Crippen LogP contribution < -0.4 is 15.4 Å². The minimum atomic E-state index is -0.678. The normalized spacial score (nSPS) is 21.0. The molecule has 0 bridgehead atoms. The minimum Gasteiger partial charge on any atom is -0.475 e. The molecular weight excluding hydrogens is 574 g/mol. The monoisotopic (exact) mass is 611 g/mol. The number of nitrogens with zero attached hydrogens (tertiary/aromatic N) is 6. The Balaban J connectivity index is 1.57. The van der Waals surface area contributed by atoms with Crippen LogP contribution >= 0.6 is 11.6 Å². The fourth-order valence-corrected chi connectivity index (χ4v) is 6.39. The zero-order valence-electron chi connectivity index (χ0n) is 24.6. The van der Waals surface area contributed by atoms with Crippen molar-refractivity contribution in [3.05, 3.63) is 33.9 Å². The van der Waals surface area contributed by atoms with Gasteiger partial charge in [-0.05, 0) is 43.2 Å². The van der Waals surface area contributed by atoms with Crippen LogP contribution in [0.4, 0.5) is 5.95 Å². The van der Waals surface area contributed by atoms with E-state index in [1.807, 2.05) is 6.07 Å². The first-order valence-corrected chi connectivity index (χ1v) is 15.5. The number of aromatic amines is 1. The molecule has 5 heterocycles. The summed E-state index contributed by atoms with van der Waals surface area (Å²) in [6.45, 7) is 7.25. The van der Waals surface area contributed by atoms with Gasteiger partial charge in [0.05, 0.1) is 40.9 Å². The van der Waals surface area contributed by atoms with E-state index in [2.05, 4.69) is 38.4 Å². The Morgan fingerprint density at radius 2 is 2.05 bits per heavy atom. The number of anilines is 1. The summed E-state index contributed by atoms with van der Waals surface area (Å²) in [5.41, 5.74) is 2.99. The average molecular weight is 612 g/mol. The lowest BCUT2D eigenvalue weighted by Gasteiger charge is -2.35. The molecule has 13 heteroatoms. The largest absolute Gasteiger partial charge is 0.475 e. The van der Waals surface area contributed by atoms with Gasteiger partial charge in [-0.2, -0.15) is 0 Å². The number of halogens is 1. The summed E-state index contributed by atoms with van der Waals surface area (Å²) in [6, 6.07) is 3.58. The fourth-order valence-electron chi connectivity index (χ4n) is 6.23. The third-order valence-corrected chi connectivity index (χ3v) is 8.61. The highest BCUT2D eigenvalue weighted by atomic mass is 35.5. The van der Waals surface area contributed by atoms with Gasteiger partial charge in [-0.25, -0.2) is 19.7 Å². The first-order chi connectivity index (χ1) is 20.9. The van der Waals surface area contributed by atoms with Gasteiger partial charge in [0.15, 0.2) is 0 Å². The van der Waals surface area contributed by atoms with Crippen molar-refractivity contribution in [3.8, 4) is 28.7 Å². The maximum Gasteiger partial charge on any atom is 0.439 e. The smallest absolute Gasteiger partial charge is 0.439 e. The van der Waals surface area contributed by atoms with Gasteiger partial charge in [0.1, 0.15) is 18.0 Å². The Bertz CT molecular complexity index is 1610. The summed E-state index contributed by atoms with van der Waals surface area (Å²) in [4.78, 5) is 31.4. The van der Waals surface area contributed by atoms with Crippen LogP contribution in [0.1, 0.15) is 52.4 Å². The quantitative estimate of drug-likeness (QED) is 0.259. The lowest BCUT2D eigenvalue weighted by atomic mass is 9.83. The molecule has 230 valence electrons. The summed E-state index contributed by atoms with van der Waals surface area (Å²) < 4.78 is 19.0. The second kappa shape index (κ2) is 13.0. The van der Waals surface area contributed by atoms with E-state index in [-0.39, 0.29) is 31.0 Å². The Kier molecular flexibility index (Phi) is 8.96. The second-order valence-corrected chi connectivity index (χ2v) is 12.1. The molecule has 0 spiro atoms. The minimum absolute atomic E-state index is 0.0540. The lowest BCUT2D eigenvalue weighted by Crippen LogP contribution is -2.43. The molecule has 12 nitrogen and oxygen atoms in total. The maximum absolute atomic E-state index is 11.9.